The summed E-state index contributed by atoms with van der Waals surface area (Å²) in [6, 6.07) is 11.6. The van der Waals surface area contributed by atoms with E-state index in [0.717, 1.165) is 0 Å². The van der Waals surface area contributed by atoms with Crippen LogP contribution in [-0.4, -0.2) is 16.9 Å². The van der Waals surface area contributed by atoms with Crippen LogP contribution in [-0.2, 0) is 6.42 Å². The highest BCUT2D eigenvalue weighted by atomic mass is 19.1. The fraction of sp³-hybridized carbons (Fsp3) is 0.0667. The molecule has 96 valence electrons. The summed E-state index contributed by atoms with van der Waals surface area (Å²) in [4.78, 5) is 23.1. The summed E-state index contributed by atoms with van der Waals surface area (Å²) in [5.41, 5.74) is 0.792. The van der Waals surface area contributed by atoms with E-state index in [1.54, 1.807) is 12.1 Å². The molecule has 0 unspecified atom stereocenters. The Morgan fingerprint density at radius 3 is 2.11 bits per heavy atom. The zero-order chi connectivity index (χ0) is 13.8. The van der Waals surface area contributed by atoms with Gasteiger partial charge in [-0.05, 0) is 23.8 Å². The van der Waals surface area contributed by atoms with Crippen molar-refractivity contribution in [3.63, 3.8) is 0 Å². The van der Waals surface area contributed by atoms with Gasteiger partial charge in [0.1, 0.15) is 5.82 Å². The van der Waals surface area contributed by atoms with Gasteiger partial charge < -0.3 is 5.11 Å². The number of hydrogen-bond acceptors (Lipinski definition) is 2. The number of ketones is 1. The Balaban J connectivity index is 2.25. The third-order valence-corrected chi connectivity index (χ3v) is 2.74. The standard InChI is InChI=1S/C15H11FO3/c16-11-7-5-10(6-8-11)9-14(17)12-3-1-2-4-13(12)15(18)19/h1-8H,9H2,(H,18,19). The molecule has 0 saturated carbocycles. The lowest BCUT2D eigenvalue weighted by Gasteiger charge is -2.05. The molecule has 0 aliphatic rings. The molecule has 0 aliphatic carbocycles. The minimum Gasteiger partial charge on any atom is -0.478 e. The lowest BCUT2D eigenvalue weighted by molar-refractivity contribution is 0.0692. The van der Waals surface area contributed by atoms with E-state index >= 15 is 0 Å². The number of carboxylic acid groups (broad SMARTS) is 1. The number of carbonyl (C=O) groups is 2. The fourth-order valence-corrected chi connectivity index (χ4v) is 1.80. The molecule has 4 heteroatoms. The largest absolute Gasteiger partial charge is 0.478 e. The number of halogens is 1. The molecule has 19 heavy (non-hydrogen) atoms. The van der Waals surface area contributed by atoms with E-state index in [1.165, 1.54) is 36.4 Å². The van der Waals surface area contributed by atoms with Crippen LogP contribution < -0.4 is 0 Å². The normalized spacial score (nSPS) is 10.2. The predicted octanol–water partition coefficient (Wildman–Crippen LogP) is 2.95. The summed E-state index contributed by atoms with van der Waals surface area (Å²) in [5, 5.41) is 9.02. The first-order valence-electron chi connectivity index (χ1n) is 5.68. The predicted molar refractivity (Wildman–Crippen MR) is 67.8 cm³/mol. The van der Waals surface area contributed by atoms with Crippen molar-refractivity contribution in [1.29, 1.82) is 0 Å². The molecular weight excluding hydrogens is 247 g/mol. The first kappa shape index (κ1) is 13.0. The molecule has 2 rings (SSSR count). The van der Waals surface area contributed by atoms with Gasteiger partial charge in [0.25, 0.3) is 0 Å². The number of carboxylic acids is 1. The van der Waals surface area contributed by atoms with E-state index in [2.05, 4.69) is 0 Å². The van der Waals surface area contributed by atoms with E-state index in [0.29, 0.717) is 5.56 Å². The molecule has 0 heterocycles. The molecule has 0 aliphatic heterocycles. The molecule has 2 aromatic carbocycles. The Morgan fingerprint density at radius 1 is 0.947 bits per heavy atom. The monoisotopic (exact) mass is 258 g/mol. The van der Waals surface area contributed by atoms with Gasteiger partial charge in [0, 0.05) is 12.0 Å². The number of aromatic carboxylic acids is 1. The molecule has 0 bridgehead atoms. The van der Waals surface area contributed by atoms with Crippen molar-refractivity contribution in [3.05, 3.63) is 71.0 Å². The molecule has 3 nitrogen and oxygen atoms in total. The second kappa shape index (κ2) is 5.44. The van der Waals surface area contributed by atoms with E-state index in [1.807, 2.05) is 0 Å². The summed E-state index contributed by atoms with van der Waals surface area (Å²) in [5.74, 6) is -1.81. The summed E-state index contributed by atoms with van der Waals surface area (Å²) >= 11 is 0. The minimum atomic E-state index is -1.14. The molecule has 0 saturated heterocycles. The molecule has 0 atom stereocenters. The highest BCUT2D eigenvalue weighted by Crippen LogP contribution is 2.13. The number of rotatable bonds is 4. The number of carbonyl (C=O) groups excluding carboxylic acids is 1. The lowest BCUT2D eigenvalue weighted by atomic mass is 9.98. The third kappa shape index (κ3) is 3.04. The van der Waals surface area contributed by atoms with Crippen LogP contribution in [0.1, 0.15) is 26.3 Å². The van der Waals surface area contributed by atoms with Crippen molar-refractivity contribution in [2.75, 3.05) is 0 Å². The molecule has 0 spiro atoms. The average molecular weight is 258 g/mol. The van der Waals surface area contributed by atoms with Gasteiger partial charge in [-0.2, -0.15) is 0 Å². The molecule has 1 N–H and O–H groups in total. The SMILES string of the molecule is O=C(O)c1ccccc1C(=O)Cc1ccc(F)cc1. The van der Waals surface area contributed by atoms with Gasteiger partial charge in [-0.25, -0.2) is 9.18 Å². The second-order valence-electron chi connectivity index (χ2n) is 4.08. The van der Waals surface area contributed by atoms with Crippen LogP contribution >= 0.6 is 0 Å². The summed E-state index contributed by atoms with van der Waals surface area (Å²) in [7, 11) is 0. The van der Waals surface area contributed by atoms with Gasteiger partial charge in [0.05, 0.1) is 5.56 Å². The fourth-order valence-electron chi connectivity index (χ4n) is 1.80. The van der Waals surface area contributed by atoms with Crippen LogP contribution in [0.5, 0.6) is 0 Å². The Labute approximate surface area is 109 Å². The van der Waals surface area contributed by atoms with E-state index in [-0.39, 0.29) is 29.1 Å². The van der Waals surface area contributed by atoms with Crippen molar-refractivity contribution in [2.24, 2.45) is 0 Å². The van der Waals surface area contributed by atoms with Crippen LogP contribution in [0, 0.1) is 5.82 Å². The van der Waals surface area contributed by atoms with Gasteiger partial charge in [-0.15, -0.1) is 0 Å². The van der Waals surface area contributed by atoms with E-state index < -0.39 is 5.97 Å². The van der Waals surface area contributed by atoms with Gasteiger partial charge in [0.15, 0.2) is 5.78 Å². The van der Waals surface area contributed by atoms with Crippen LogP contribution in [0.25, 0.3) is 0 Å². The molecule has 0 amide bonds. The molecule has 0 radical (unpaired) electrons. The maximum Gasteiger partial charge on any atom is 0.336 e. The first-order chi connectivity index (χ1) is 9.08. The van der Waals surface area contributed by atoms with E-state index in [4.69, 9.17) is 5.11 Å². The number of hydrogen-bond donors (Lipinski definition) is 1. The van der Waals surface area contributed by atoms with Crippen molar-refractivity contribution in [3.8, 4) is 0 Å². The highest BCUT2D eigenvalue weighted by molar-refractivity contribution is 6.06. The highest BCUT2D eigenvalue weighted by Gasteiger charge is 2.15. The Kier molecular flexibility index (Phi) is 3.71. The van der Waals surface area contributed by atoms with E-state index in [9.17, 15) is 14.0 Å². The zero-order valence-electron chi connectivity index (χ0n) is 9.97. The maximum absolute atomic E-state index is 12.8. The third-order valence-electron chi connectivity index (χ3n) is 2.74. The Hall–Kier alpha value is -2.49. The smallest absolute Gasteiger partial charge is 0.336 e. The van der Waals surface area contributed by atoms with Gasteiger partial charge in [-0.3, -0.25) is 4.79 Å². The topological polar surface area (TPSA) is 54.4 Å². The summed E-state index contributed by atoms with van der Waals surface area (Å²) in [6.07, 6.45) is 0.0462. The van der Waals surface area contributed by atoms with Crippen LogP contribution in [0.2, 0.25) is 0 Å². The zero-order valence-corrected chi connectivity index (χ0v) is 9.97. The van der Waals surface area contributed by atoms with Crippen molar-refractivity contribution >= 4 is 11.8 Å². The van der Waals surface area contributed by atoms with Crippen molar-refractivity contribution in [1.82, 2.24) is 0 Å². The Bertz CT molecular complexity index is 618. The maximum atomic E-state index is 12.8. The van der Waals surface area contributed by atoms with Gasteiger partial charge in [-0.1, -0.05) is 30.3 Å². The molecule has 0 fully saturated rings. The lowest BCUT2D eigenvalue weighted by Crippen LogP contribution is -2.10. The second-order valence-corrected chi connectivity index (χ2v) is 4.08. The molecule has 2 aromatic rings. The minimum absolute atomic E-state index is 0.0189. The number of benzene rings is 2. The number of Topliss-reactive ketones (excluding diaryl/α,β-unsaturated/α-hetero) is 1. The van der Waals surface area contributed by atoms with Crippen molar-refractivity contribution in [2.45, 2.75) is 6.42 Å². The Morgan fingerprint density at radius 2 is 1.53 bits per heavy atom. The van der Waals surface area contributed by atoms with Crippen LogP contribution in [0.3, 0.4) is 0 Å². The summed E-state index contributed by atoms with van der Waals surface area (Å²) in [6.45, 7) is 0. The molecule has 0 aromatic heterocycles. The van der Waals surface area contributed by atoms with Crippen LogP contribution in [0.4, 0.5) is 4.39 Å². The molecular formula is C15H11FO3. The van der Waals surface area contributed by atoms with Gasteiger partial charge in [0.2, 0.25) is 0 Å². The van der Waals surface area contributed by atoms with Crippen LogP contribution in [0.15, 0.2) is 48.5 Å². The average Bonchev–Trinajstić information content (AvgIpc) is 2.41. The first-order valence-corrected chi connectivity index (χ1v) is 5.68. The van der Waals surface area contributed by atoms with Gasteiger partial charge >= 0.3 is 5.97 Å². The van der Waals surface area contributed by atoms with Crippen molar-refractivity contribution < 1.29 is 19.1 Å². The summed E-state index contributed by atoms with van der Waals surface area (Å²) < 4.78 is 12.8. The quantitative estimate of drug-likeness (QED) is 0.858.